The molecule has 0 heterocycles. The Kier molecular flexibility index (Phi) is 8.08. The van der Waals surface area contributed by atoms with Crippen LogP contribution >= 0.6 is 23.2 Å². The number of amides is 1. The molecule has 7 nitrogen and oxygen atoms in total. The fourth-order valence-corrected chi connectivity index (χ4v) is 2.88. The summed E-state index contributed by atoms with van der Waals surface area (Å²) in [6, 6.07) is 18.3. The number of nitrogens with zero attached hydrogens (tertiary/aromatic N) is 1. The van der Waals surface area contributed by atoms with Gasteiger partial charge in [-0.1, -0.05) is 47.5 Å². The molecule has 32 heavy (non-hydrogen) atoms. The molecule has 0 aliphatic carbocycles. The van der Waals surface area contributed by atoms with Crippen molar-refractivity contribution >= 4 is 41.3 Å². The summed E-state index contributed by atoms with van der Waals surface area (Å²) in [4.78, 5) is 24.2. The zero-order valence-electron chi connectivity index (χ0n) is 16.9. The van der Waals surface area contributed by atoms with Gasteiger partial charge in [0.15, 0.2) is 18.1 Å². The van der Waals surface area contributed by atoms with Crippen LogP contribution in [0.15, 0.2) is 71.8 Å². The topological polar surface area (TPSA) is 86.2 Å². The molecule has 164 valence electrons. The van der Waals surface area contributed by atoms with Crippen LogP contribution in [-0.2, 0) is 4.79 Å². The zero-order valence-corrected chi connectivity index (χ0v) is 18.4. The Labute approximate surface area is 194 Å². The van der Waals surface area contributed by atoms with E-state index in [0.29, 0.717) is 27.6 Å². The summed E-state index contributed by atoms with van der Waals surface area (Å²) in [5.74, 6) is -0.100. The van der Waals surface area contributed by atoms with Gasteiger partial charge < -0.3 is 14.2 Å². The minimum absolute atomic E-state index is 0.227. The van der Waals surface area contributed by atoms with E-state index in [4.69, 9.17) is 37.4 Å². The van der Waals surface area contributed by atoms with Gasteiger partial charge in [-0.05, 0) is 48.0 Å². The Hall–Kier alpha value is -3.55. The number of carbonyl (C=O) groups excluding carboxylic acids is 2. The maximum Gasteiger partial charge on any atom is 0.343 e. The van der Waals surface area contributed by atoms with Crippen LogP contribution in [0.1, 0.15) is 15.9 Å². The summed E-state index contributed by atoms with van der Waals surface area (Å²) < 4.78 is 16.0. The summed E-state index contributed by atoms with van der Waals surface area (Å²) in [7, 11) is 1.45. The molecule has 0 radical (unpaired) electrons. The molecule has 1 amide bonds. The van der Waals surface area contributed by atoms with Crippen LogP contribution in [-0.4, -0.2) is 31.8 Å². The van der Waals surface area contributed by atoms with Crippen molar-refractivity contribution in [3.05, 3.63) is 87.9 Å². The molecule has 0 unspecified atom stereocenters. The van der Waals surface area contributed by atoms with Crippen LogP contribution in [0, 0.1) is 0 Å². The van der Waals surface area contributed by atoms with E-state index in [1.54, 1.807) is 60.7 Å². The molecule has 1 N–H and O–H groups in total. The lowest BCUT2D eigenvalue weighted by Gasteiger charge is -2.10. The molecule has 0 saturated heterocycles. The average molecular weight is 473 g/mol. The molecular weight excluding hydrogens is 455 g/mol. The van der Waals surface area contributed by atoms with Crippen molar-refractivity contribution in [2.24, 2.45) is 5.10 Å². The number of rotatable bonds is 8. The van der Waals surface area contributed by atoms with Gasteiger partial charge >= 0.3 is 5.97 Å². The van der Waals surface area contributed by atoms with Crippen molar-refractivity contribution in [1.82, 2.24) is 5.43 Å². The Morgan fingerprint density at radius 3 is 2.50 bits per heavy atom. The second-order valence-corrected chi connectivity index (χ2v) is 7.08. The zero-order chi connectivity index (χ0) is 22.9. The second kappa shape index (κ2) is 11.2. The number of ether oxygens (including phenoxy) is 3. The van der Waals surface area contributed by atoms with E-state index in [1.807, 2.05) is 6.07 Å². The summed E-state index contributed by atoms with van der Waals surface area (Å²) >= 11 is 11.9. The van der Waals surface area contributed by atoms with Gasteiger partial charge in [0.2, 0.25) is 0 Å². The van der Waals surface area contributed by atoms with Gasteiger partial charge in [-0.2, -0.15) is 5.10 Å². The molecule has 3 aromatic carbocycles. The molecule has 0 fully saturated rings. The average Bonchev–Trinajstić information content (AvgIpc) is 2.81. The molecule has 0 aliphatic heterocycles. The van der Waals surface area contributed by atoms with Crippen molar-refractivity contribution in [3.63, 3.8) is 0 Å². The van der Waals surface area contributed by atoms with Crippen molar-refractivity contribution in [2.45, 2.75) is 0 Å². The lowest BCUT2D eigenvalue weighted by Crippen LogP contribution is -2.24. The van der Waals surface area contributed by atoms with Crippen LogP contribution in [0.2, 0.25) is 10.0 Å². The molecule has 9 heteroatoms. The van der Waals surface area contributed by atoms with E-state index >= 15 is 0 Å². The normalized spacial score (nSPS) is 10.6. The highest BCUT2D eigenvalue weighted by Gasteiger charge is 2.12. The fraction of sp³-hybridized carbons (Fsp3) is 0.0870. The first-order valence-corrected chi connectivity index (χ1v) is 10.1. The lowest BCUT2D eigenvalue weighted by molar-refractivity contribution is -0.123. The first kappa shape index (κ1) is 23.1. The number of esters is 1. The molecular formula is C23H18Cl2N2O5. The largest absolute Gasteiger partial charge is 0.493 e. The van der Waals surface area contributed by atoms with Crippen LogP contribution in [0.25, 0.3) is 0 Å². The summed E-state index contributed by atoms with van der Waals surface area (Å²) in [6.45, 7) is -0.297. The molecule has 3 rings (SSSR count). The molecule has 0 saturated carbocycles. The Balaban J connectivity index is 1.56. The molecule has 0 aromatic heterocycles. The van der Waals surface area contributed by atoms with E-state index in [1.165, 1.54) is 13.3 Å². The quantitative estimate of drug-likeness (QED) is 0.221. The SMILES string of the molecule is COc1cc(C=NNC(=O)COc2cccc(Cl)c2Cl)ccc1OC(=O)c1ccccc1. The minimum Gasteiger partial charge on any atom is -0.493 e. The summed E-state index contributed by atoms with van der Waals surface area (Å²) in [6.07, 6.45) is 1.41. The van der Waals surface area contributed by atoms with E-state index in [9.17, 15) is 9.59 Å². The first-order chi connectivity index (χ1) is 15.5. The van der Waals surface area contributed by atoms with Crippen LogP contribution in [0.5, 0.6) is 17.2 Å². The van der Waals surface area contributed by atoms with E-state index < -0.39 is 11.9 Å². The third-order valence-corrected chi connectivity index (χ3v) is 4.88. The number of hydrazone groups is 1. The highest BCUT2D eigenvalue weighted by Crippen LogP contribution is 2.31. The number of benzene rings is 3. The maximum atomic E-state index is 12.2. The third-order valence-electron chi connectivity index (χ3n) is 4.08. The van der Waals surface area contributed by atoms with Gasteiger partial charge in [-0.15, -0.1) is 0 Å². The smallest absolute Gasteiger partial charge is 0.343 e. The van der Waals surface area contributed by atoms with Gasteiger partial charge in [0, 0.05) is 0 Å². The van der Waals surface area contributed by atoms with E-state index in [0.717, 1.165) is 0 Å². The van der Waals surface area contributed by atoms with Crippen molar-refractivity contribution in [3.8, 4) is 17.2 Å². The molecule has 0 atom stereocenters. The third kappa shape index (κ3) is 6.23. The molecule has 0 bridgehead atoms. The summed E-state index contributed by atoms with van der Waals surface area (Å²) in [5.41, 5.74) is 3.38. The Bertz CT molecular complexity index is 1140. The lowest BCUT2D eigenvalue weighted by atomic mass is 10.2. The van der Waals surface area contributed by atoms with Gasteiger partial charge in [0.25, 0.3) is 5.91 Å². The Morgan fingerprint density at radius 2 is 1.75 bits per heavy atom. The molecule has 3 aromatic rings. The molecule has 0 spiro atoms. The number of halogens is 2. The number of hydrogen-bond acceptors (Lipinski definition) is 6. The van der Waals surface area contributed by atoms with Gasteiger partial charge in [0.05, 0.1) is 23.9 Å². The van der Waals surface area contributed by atoms with Crippen LogP contribution < -0.4 is 19.6 Å². The summed E-state index contributed by atoms with van der Waals surface area (Å²) in [5, 5.41) is 4.44. The van der Waals surface area contributed by atoms with E-state index in [2.05, 4.69) is 10.5 Å². The van der Waals surface area contributed by atoms with Gasteiger partial charge in [0.1, 0.15) is 10.8 Å². The predicted molar refractivity (Wildman–Crippen MR) is 122 cm³/mol. The standard InChI is InChI=1S/C23H18Cl2N2O5/c1-30-20-12-15(10-11-18(20)32-23(29)16-6-3-2-4-7-16)13-26-27-21(28)14-31-19-9-5-8-17(24)22(19)25/h2-13H,14H2,1H3,(H,27,28). The van der Waals surface area contributed by atoms with Gasteiger partial charge in [-0.3, -0.25) is 4.79 Å². The number of nitrogens with one attached hydrogen (secondary N) is 1. The minimum atomic E-state index is -0.502. The fourth-order valence-electron chi connectivity index (χ4n) is 2.53. The number of carbonyl (C=O) groups is 2. The Morgan fingerprint density at radius 1 is 0.969 bits per heavy atom. The first-order valence-electron chi connectivity index (χ1n) is 9.32. The number of methoxy groups -OCH3 is 1. The van der Waals surface area contributed by atoms with Gasteiger partial charge in [-0.25, -0.2) is 10.2 Å². The van der Waals surface area contributed by atoms with Crippen LogP contribution in [0.4, 0.5) is 0 Å². The monoisotopic (exact) mass is 472 g/mol. The molecule has 0 aliphatic rings. The predicted octanol–water partition coefficient (Wildman–Crippen LogP) is 4.75. The maximum absolute atomic E-state index is 12.2. The highest BCUT2D eigenvalue weighted by atomic mass is 35.5. The van der Waals surface area contributed by atoms with E-state index in [-0.39, 0.29) is 17.4 Å². The van der Waals surface area contributed by atoms with Crippen molar-refractivity contribution in [2.75, 3.05) is 13.7 Å². The second-order valence-electron chi connectivity index (χ2n) is 6.30. The van der Waals surface area contributed by atoms with Crippen LogP contribution in [0.3, 0.4) is 0 Å². The highest BCUT2D eigenvalue weighted by molar-refractivity contribution is 6.42. The van der Waals surface area contributed by atoms with Crippen molar-refractivity contribution < 1.29 is 23.8 Å². The van der Waals surface area contributed by atoms with Crippen molar-refractivity contribution in [1.29, 1.82) is 0 Å². The number of hydrogen-bond donors (Lipinski definition) is 1.